The summed E-state index contributed by atoms with van der Waals surface area (Å²) in [6.45, 7) is 2.41. The van der Waals surface area contributed by atoms with E-state index in [2.05, 4.69) is 15.8 Å². The molecular formula is C13H19ClN4O2. The Balaban J connectivity index is 2.25. The van der Waals surface area contributed by atoms with Gasteiger partial charge in [-0.2, -0.15) is 0 Å². The van der Waals surface area contributed by atoms with E-state index in [-0.39, 0.29) is 11.9 Å². The molecule has 5 N–H and O–H groups in total. The zero-order valence-electron chi connectivity index (χ0n) is 11.3. The summed E-state index contributed by atoms with van der Waals surface area (Å²) in [5.74, 6) is 0.198. The molecule has 0 aliphatic rings. The largest absolute Gasteiger partial charge is 0.409 e. The molecule has 0 atom stereocenters. The number of hydrogen-bond donors (Lipinski definition) is 4. The number of anilines is 1. The summed E-state index contributed by atoms with van der Waals surface area (Å²) in [6, 6.07) is 5.05. The minimum atomic E-state index is -0.284. The molecule has 110 valence electrons. The molecule has 0 bridgehead atoms. The number of amidine groups is 1. The molecular weight excluding hydrogens is 280 g/mol. The predicted octanol–water partition coefficient (Wildman–Crippen LogP) is 2.69. The van der Waals surface area contributed by atoms with Crippen LogP contribution in [0.25, 0.3) is 0 Å². The highest BCUT2D eigenvalue weighted by molar-refractivity contribution is 6.31. The summed E-state index contributed by atoms with van der Waals surface area (Å²) >= 11 is 5.97. The summed E-state index contributed by atoms with van der Waals surface area (Å²) in [5, 5.41) is 17.3. The van der Waals surface area contributed by atoms with Gasteiger partial charge in [-0.15, -0.1) is 0 Å². The third-order valence-corrected chi connectivity index (χ3v) is 3.11. The van der Waals surface area contributed by atoms with Crippen molar-refractivity contribution >= 4 is 29.2 Å². The highest BCUT2D eigenvalue weighted by Gasteiger charge is 2.03. The molecule has 0 aliphatic heterocycles. The molecule has 1 rings (SSSR count). The smallest absolute Gasteiger partial charge is 0.319 e. The van der Waals surface area contributed by atoms with E-state index in [0.717, 1.165) is 18.4 Å². The summed E-state index contributed by atoms with van der Waals surface area (Å²) in [7, 11) is 0. The number of aryl methyl sites for hydroxylation is 1. The molecule has 20 heavy (non-hydrogen) atoms. The third-order valence-electron chi connectivity index (χ3n) is 2.70. The number of rotatable bonds is 6. The van der Waals surface area contributed by atoms with Gasteiger partial charge in [0, 0.05) is 23.7 Å². The van der Waals surface area contributed by atoms with Crippen molar-refractivity contribution in [2.24, 2.45) is 10.9 Å². The van der Waals surface area contributed by atoms with Crippen LogP contribution in [0, 0.1) is 6.92 Å². The van der Waals surface area contributed by atoms with Gasteiger partial charge in [-0.1, -0.05) is 22.8 Å². The second kappa shape index (κ2) is 8.27. The molecule has 0 heterocycles. The quantitative estimate of drug-likeness (QED) is 0.213. The van der Waals surface area contributed by atoms with E-state index >= 15 is 0 Å². The van der Waals surface area contributed by atoms with Crippen molar-refractivity contribution in [3.8, 4) is 0 Å². The first kappa shape index (κ1) is 16.1. The number of carbonyl (C=O) groups excluding carboxylic acids is 1. The summed E-state index contributed by atoms with van der Waals surface area (Å²) in [6.07, 6.45) is 2.00. The van der Waals surface area contributed by atoms with E-state index in [1.165, 1.54) is 0 Å². The molecule has 0 aromatic heterocycles. The summed E-state index contributed by atoms with van der Waals surface area (Å²) in [5.41, 5.74) is 6.94. The average molecular weight is 299 g/mol. The second-order valence-corrected chi connectivity index (χ2v) is 4.80. The van der Waals surface area contributed by atoms with Crippen LogP contribution in [0.2, 0.25) is 5.02 Å². The minimum Gasteiger partial charge on any atom is -0.409 e. The number of amides is 2. The van der Waals surface area contributed by atoms with Gasteiger partial charge in [-0.3, -0.25) is 0 Å². The molecule has 0 radical (unpaired) electrons. The second-order valence-electron chi connectivity index (χ2n) is 4.39. The molecule has 0 unspecified atom stereocenters. The summed E-state index contributed by atoms with van der Waals surface area (Å²) in [4.78, 5) is 11.6. The average Bonchev–Trinajstić information content (AvgIpc) is 2.42. The van der Waals surface area contributed by atoms with Gasteiger partial charge in [-0.05, 0) is 37.5 Å². The highest BCUT2D eigenvalue weighted by Crippen LogP contribution is 2.19. The highest BCUT2D eigenvalue weighted by atomic mass is 35.5. The fourth-order valence-corrected chi connectivity index (χ4v) is 1.71. The van der Waals surface area contributed by atoms with Crippen LogP contribution >= 0.6 is 11.6 Å². The van der Waals surface area contributed by atoms with E-state index < -0.39 is 0 Å². The molecule has 1 aromatic rings. The van der Waals surface area contributed by atoms with Crippen LogP contribution in [0.1, 0.15) is 24.8 Å². The van der Waals surface area contributed by atoms with E-state index in [0.29, 0.717) is 23.7 Å². The van der Waals surface area contributed by atoms with Gasteiger partial charge in [0.25, 0.3) is 0 Å². The normalized spacial score (nSPS) is 11.2. The van der Waals surface area contributed by atoms with Crippen molar-refractivity contribution in [1.29, 1.82) is 0 Å². The number of nitrogens with two attached hydrogens (primary N) is 1. The lowest BCUT2D eigenvalue weighted by Crippen LogP contribution is -2.29. The van der Waals surface area contributed by atoms with Crippen LogP contribution in [0.15, 0.2) is 23.4 Å². The molecule has 0 saturated heterocycles. The molecule has 6 nitrogen and oxygen atoms in total. The first-order chi connectivity index (χ1) is 9.52. The van der Waals surface area contributed by atoms with Crippen molar-refractivity contribution in [3.63, 3.8) is 0 Å². The zero-order chi connectivity index (χ0) is 15.0. The fourth-order valence-electron chi connectivity index (χ4n) is 1.53. The van der Waals surface area contributed by atoms with Crippen LogP contribution in [-0.4, -0.2) is 23.6 Å². The Morgan fingerprint density at radius 1 is 1.45 bits per heavy atom. The number of oxime groups is 1. The summed E-state index contributed by atoms with van der Waals surface area (Å²) < 4.78 is 0. The Morgan fingerprint density at radius 2 is 2.20 bits per heavy atom. The number of nitrogens with zero attached hydrogens (tertiary/aromatic N) is 1. The van der Waals surface area contributed by atoms with E-state index in [1.807, 2.05) is 13.0 Å². The molecule has 0 fully saturated rings. The molecule has 0 saturated carbocycles. The Bertz CT molecular complexity index is 491. The first-order valence-electron chi connectivity index (χ1n) is 6.30. The number of hydrogen-bond acceptors (Lipinski definition) is 3. The maximum atomic E-state index is 11.6. The first-order valence-corrected chi connectivity index (χ1v) is 6.68. The Kier molecular flexibility index (Phi) is 6.66. The maximum Gasteiger partial charge on any atom is 0.319 e. The van der Waals surface area contributed by atoms with Gasteiger partial charge >= 0.3 is 6.03 Å². The van der Waals surface area contributed by atoms with Crippen LogP contribution in [-0.2, 0) is 0 Å². The maximum absolute atomic E-state index is 11.6. The molecule has 0 spiro atoms. The molecule has 1 aromatic carbocycles. The van der Waals surface area contributed by atoms with Crippen LogP contribution < -0.4 is 16.4 Å². The van der Waals surface area contributed by atoms with Crippen molar-refractivity contribution in [2.45, 2.75) is 26.2 Å². The van der Waals surface area contributed by atoms with Gasteiger partial charge in [0.05, 0.1) is 0 Å². The number of benzene rings is 1. The molecule has 0 aliphatic carbocycles. The van der Waals surface area contributed by atoms with E-state index in [9.17, 15) is 4.79 Å². The number of halogens is 1. The molecule has 2 amide bonds. The third kappa shape index (κ3) is 5.79. The standard InChI is InChI=1S/C13H19ClN4O2/c1-9-5-6-10(8-11(9)14)17-13(19)16-7-3-2-4-12(15)18-20/h5-6,8,20H,2-4,7H2,1H3,(H2,15,18)(H2,16,17,19). The van der Waals surface area contributed by atoms with Gasteiger partial charge in [0.15, 0.2) is 0 Å². The van der Waals surface area contributed by atoms with E-state index in [4.69, 9.17) is 22.5 Å². The zero-order valence-corrected chi connectivity index (χ0v) is 12.1. The van der Waals surface area contributed by atoms with Crippen molar-refractivity contribution < 1.29 is 10.0 Å². The number of urea groups is 1. The van der Waals surface area contributed by atoms with Crippen LogP contribution in [0.4, 0.5) is 10.5 Å². The van der Waals surface area contributed by atoms with Crippen molar-refractivity contribution in [2.75, 3.05) is 11.9 Å². The van der Waals surface area contributed by atoms with Crippen LogP contribution in [0.3, 0.4) is 0 Å². The van der Waals surface area contributed by atoms with Crippen molar-refractivity contribution in [3.05, 3.63) is 28.8 Å². The van der Waals surface area contributed by atoms with Crippen molar-refractivity contribution in [1.82, 2.24) is 5.32 Å². The lowest BCUT2D eigenvalue weighted by molar-refractivity contribution is 0.252. The lowest BCUT2D eigenvalue weighted by atomic mass is 10.2. The number of carbonyl (C=O) groups is 1. The lowest BCUT2D eigenvalue weighted by Gasteiger charge is -2.08. The SMILES string of the molecule is Cc1ccc(NC(=O)NCCCCC(N)=NO)cc1Cl. The topological polar surface area (TPSA) is 99.7 Å². The van der Waals surface area contributed by atoms with Gasteiger partial charge in [0.2, 0.25) is 0 Å². The molecule has 7 heteroatoms. The monoisotopic (exact) mass is 298 g/mol. The number of nitrogens with one attached hydrogen (secondary N) is 2. The Hall–Kier alpha value is -1.95. The fraction of sp³-hybridized carbons (Fsp3) is 0.385. The van der Waals surface area contributed by atoms with E-state index in [1.54, 1.807) is 12.1 Å². The Labute approximate surface area is 123 Å². The van der Waals surface area contributed by atoms with Crippen LogP contribution in [0.5, 0.6) is 0 Å². The number of unbranched alkanes of at least 4 members (excludes halogenated alkanes) is 1. The van der Waals surface area contributed by atoms with Gasteiger partial charge in [-0.25, -0.2) is 4.79 Å². The van der Waals surface area contributed by atoms with Gasteiger partial charge < -0.3 is 21.6 Å². The van der Waals surface area contributed by atoms with Gasteiger partial charge in [0.1, 0.15) is 5.84 Å². The minimum absolute atomic E-state index is 0.198. The predicted molar refractivity (Wildman–Crippen MR) is 80.5 cm³/mol. The Morgan fingerprint density at radius 3 is 2.85 bits per heavy atom.